The summed E-state index contributed by atoms with van der Waals surface area (Å²) in [6, 6.07) is 0. The van der Waals surface area contributed by atoms with Crippen LogP contribution in [0.3, 0.4) is 0 Å². The fourth-order valence-electron chi connectivity index (χ4n) is 4.98. The fourth-order valence-corrected chi connectivity index (χ4v) is 4.98. The van der Waals surface area contributed by atoms with E-state index in [0.29, 0.717) is 11.3 Å². The van der Waals surface area contributed by atoms with Gasteiger partial charge in [0.1, 0.15) is 5.60 Å². The highest BCUT2D eigenvalue weighted by atomic mass is 16.6. The minimum atomic E-state index is -0.649. The molecule has 0 heterocycles. The maximum absolute atomic E-state index is 12.3. The Balaban J connectivity index is 1.55. The molecule has 24 heavy (non-hydrogen) atoms. The first kappa shape index (κ1) is 17.8. The first-order chi connectivity index (χ1) is 10.9. The smallest absolute Gasteiger partial charge is 0.344 e. The molecule has 2 bridgehead atoms. The van der Waals surface area contributed by atoms with E-state index in [0.717, 1.165) is 25.2 Å². The first-order valence-corrected chi connectivity index (χ1v) is 9.28. The first-order valence-electron chi connectivity index (χ1n) is 9.28. The van der Waals surface area contributed by atoms with Crippen LogP contribution >= 0.6 is 0 Å². The van der Waals surface area contributed by atoms with E-state index in [1.54, 1.807) is 0 Å². The Kier molecular flexibility index (Phi) is 3.86. The highest BCUT2D eigenvalue weighted by Gasteiger charge is 2.69. The van der Waals surface area contributed by atoms with Gasteiger partial charge in [0, 0.05) is 0 Å². The number of carbonyl (C=O) groups is 2. The van der Waals surface area contributed by atoms with E-state index in [-0.39, 0.29) is 23.6 Å². The van der Waals surface area contributed by atoms with E-state index in [1.807, 2.05) is 34.6 Å². The predicted molar refractivity (Wildman–Crippen MR) is 91.2 cm³/mol. The van der Waals surface area contributed by atoms with Gasteiger partial charge in [-0.3, -0.25) is 4.79 Å². The summed E-state index contributed by atoms with van der Waals surface area (Å²) < 4.78 is 11.2. The van der Waals surface area contributed by atoms with E-state index >= 15 is 0 Å². The van der Waals surface area contributed by atoms with Crippen molar-refractivity contribution in [2.24, 2.45) is 28.1 Å². The molecule has 3 fully saturated rings. The van der Waals surface area contributed by atoms with Crippen LogP contribution in [0.15, 0.2) is 0 Å². The molecule has 4 unspecified atom stereocenters. The van der Waals surface area contributed by atoms with Crippen molar-refractivity contribution in [2.45, 2.75) is 79.2 Å². The molecule has 3 saturated carbocycles. The molecule has 0 radical (unpaired) electrons. The molecule has 1 spiro atoms. The summed E-state index contributed by atoms with van der Waals surface area (Å²) in [7, 11) is 0. The maximum atomic E-state index is 12.3. The molecule has 4 nitrogen and oxygen atoms in total. The summed E-state index contributed by atoms with van der Waals surface area (Å²) in [5.41, 5.74) is -0.707. The van der Waals surface area contributed by atoms with Crippen molar-refractivity contribution >= 4 is 11.9 Å². The molecule has 3 aliphatic rings. The van der Waals surface area contributed by atoms with Gasteiger partial charge in [0.2, 0.25) is 0 Å². The number of hydrogen-bond acceptors (Lipinski definition) is 4. The molecule has 0 aromatic heterocycles. The number of carbonyl (C=O) groups excluding carboxylic acids is 2. The fraction of sp³-hybridized carbons (Fsp3) is 0.900. The van der Waals surface area contributed by atoms with Crippen LogP contribution < -0.4 is 0 Å². The van der Waals surface area contributed by atoms with Gasteiger partial charge in [-0.15, -0.1) is 0 Å². The van der Waals surface area contributed by atoms with Crippen molar-refractivity contribution in [3.8, 4) is 0 Å². The molecule has 0 saturated heterocycles. The van der Waals surface area contributed by atoms with Gasteiger partial charge in [-0.05, 0) is 68.6 Å². The standard InChI is InChI=1S/C20H32O4/c1-13-7-19-9-14(19)10-20(8-13,12-19)24-15(21)11-23-16(22)18(5,6)17(2,3)4/h13-14H,7-12H2,1-6H3. The van der Waals surface area contributed by atoms with Gasteiger partial charge in [-0.25, -0.2) is 4.79 Å². The molecule has 4 atom stereocenters. The number of hydrogen-bond donors (Lipinski definition) is 0. The van der Waals surface area contributed by atoms with Crippen molar-refractivity contribution < 1.29 is 19.1 Å². The Morgan fingerprint density at radius 2 is 1.71 bits per heavy atom. The SMILES string of the molecule is CC1CC2(OC(=O)COC(=O)C(C)(C)C(C)(C)C)CC3CC3(C1)C2. The van der Waals surface area contributed by atoms with Crippen molar-refractivity contribution in [1.82, 2.24) is 0 Å². The largest absolute Gasteiger partial charge is 0.457 e. The van der Waals surface area contributed by atoms with Gasteiger partial charge in [-0.2, -0.15) is 0 Å². The maximum Gasteiger partial charge on any atom is 0.344 e. The summed E-state index contributed by atoms with van der Waals surface area (Å²) >= 11 is 0. The summed E-state index contributed by atoms with van der Waals surface area (Å²) in [6.07, 6.45) is 5.57. The number of rotatable bonds is 4. The van der Waals surface area contributed by atoms with Gasteiger partial charge in [0.05, 0.1) is 5.41 Å². The third-order valence-corrected chi connectivity index (χ3v) is 7.16. The average Bonchev–Trinajstić information content (AvgIpc) is 2.96. The Bertz CT molecular complexity index is 554. The molecule has 0 aromatic carbocycles. The minimum absolute atomic E-state index is 0.232. The second-order valence-corrected chi connectivity index (χ2v) is 10.3. The van der Waals surface area contributed by atoms with Crippen molar-refractivity contribution in [3.63, 3.8) is 0 Å². The van der Waals surface area contributed by atoms with Crippen LogP contribution in [0.5, 0.6) is 0 Å². The molecular formula is C20H32O4. The lowest BCUT2D eigenvalue weighted by Crippen LogP contribution is -2.42. The molecule has 0 amide bonds. The van der Waals surface area contributed by atoms with Gasteiger partial charge < -0.3 is 9.47 Å². The van der Waals surface area contributed by atoms with E-state index in [4.69, 9.17) is 9.47 Å². The highest BCUT2D eigenvalue weighted by molar-refractivity contribution is 5.80. The molecule has 0 aromatic rings. The van der Waals surface area contributed by atoms with Crippen LogP contribution in [0.25, 0.3) is 0 Å². The molecule has 4 heteroatoms. The summed E-state index contributed by atoms with van der Waals surface area (Å²) in [4.78, 5) is 24.6. The molecule has 136 valence electrons. The molecule has 0 aliphatic heterocycles. The van der Waals surface area contributed by atoms with Crippen LogP contribution in [0.4, 0.5) is 0 Å². The zero-order valence-electron chi connectivity index (χ0n) is 16.0. The second kappa shape index (κ2) is 5.22. The Hall–Kier alpha value is -1.06. The summed E-state index contributed by atoms with van der Waals surface area (Å²) in [5.74, 6) is 0.629. The van der Waals surface area contributed by atoms with E-state index in [1.165, 1.54) is 12.8 Å². The second-order valence-electron chi connectivity index (χ2n) is 10.3. The van der Waals surface area contributed by atoms with E-state index in [9.17, 15) is 9.59 Å². The lowest BCUT2D eigenvalue weighted by atomic mass is 9.69. The predicted octanol–water partition coefficient (Wildman–Crippen LogP) is 4.11. The Morgan fingerprint density at radius 3 is 2.33 bits per heavy atom. The van der Waals surface area contributed by atoms with Crippen molar-refractivity contribution in [1.29, 1.82) is 0 Å². The van der Waals surface area contributed by atoms with Gasteiger partial charge in [0.15, 0.2) is 6.61 Å². The molecule has 3 rings (SSSR count). The molecule has 3 aliphatic carbocycles. The third-order valence-electron chi connectivity index (χ3n) is 7.16. The van der Waals surface area contributed by atoms with Crippen LogP contribution in [-0.2, 0) is 19.1 Å². The zero-order chi connectivity index (χ0) is 18.0. The lowest BCUT2D eigenvalue weighted by Gasteiger charge is -2.39. The topological polar surface area (TPSA) is 52.6 Å². The lowest BCUT2D eigenvalue weighted by molar-refractivity contribution is -0.179. The number of esters is 2. The van der Waals surface area contributed by atoms with Crippen LogP contribution in [0.2, 0.25) is 0 Å². The zero-order valence-corrected chi connectivity index (χ0v) is 16.0. The van der Waals surface area contributed by atoms with Crippen LogP contribution in [-0.4, -0.2) is 24.1 Å². The van der Waals surface area contributed by atoms with Crippen molar-refractivity contribution in [3.05, 3.63) is 0 Å². The monoisotopic (exact) mass is 336 g/mol. The summed E-state index contributed by atoms with van der Waals surface area (Å²) in [6.45, 7) is 11.7. The van der Waals surface area contributed by atoms with Gasteiger partial charge in [0.25, 0.3) is 0 Å². The summed E-state index contributed by atoms with van der Waals surface area (Å²) in [5, 5.41) is 0. The Morgan fingerprint density at radius 1 is 1.04 bits per heavy atom. The van der Waals surface area contributed by atoms with Gasteiger partial charge in [-0.1, -0.05) is 27.7 Å². The van der Waals surface area contributed by atoms with Crippen molar-refractivity contribution in [2.75, 3.05) is 6.61 Å². The third kappa shape index (κ3) is 2.86. The van der Waals surface area contributed by atoms with E-state index < -0.39 is 11.4 Å². The van der Waals surface area contributed by atoms with Crippen LogP contribution in [0, 0.1) is 28.1 Å². The normalized spacial score (nSPS) is 37.6. The van der Waals surface area contributed by atoms with Gasteiger partial charge >= 0.3 is 11.9 Å². The molecular weight excluding hydrogens is 304 g/mol. The number of fused-ring (bicyclic) bond motifs is 1. The highest BCUT2D eigenvalue weighted by Crippen LogP contribution is 2.73. The quantitative estimate of drug-likeness (QED) is 0.725. The minimum Gasteiger partial charge on any atom is -0.457 e. The average molecular weight is 336 g/mol. The Labute approximate surface area is 145 Å². The number of ether oxygens (including phenoxy) is 2. The molecule has 0 N–H and O–H groups in total. The van der Waals surface area contributed by atoms with E-state index in [2.05, 4.69) is 6.92 Å². The van der Waals surface area contributed by atoms with Crippen LogP contribution in [0.1, 0.15) is 73.6 Å².